The number of nitrogens with one attached hydrogen (secondary N) is 1. The number of halogens is 4. The van der Waals surface area contributed by atoms with E-state index >= 15 is 0 Å². The standard InChI is InChI=1S/C23H19F4N3O/c1-14-13-16-3-2-12-28-20(16)21(15-4-6-17(7-5-15)23(25,26)27)30(14)22(31)29-19-10-8-18(24)9-11-19/h2-12,14,21H,13H2,1H3,(H,29,31)/t14-,21+/m0/s1. The van der Waals surface area contributed by atoms with E-state index in [0.29, 0.717) is 23.4 Å². The number of nitrogens with zero attached hydrogens (tertiary/aromatic N) is 2. The van der Waals surface area contributed by atoms with Gasteiger partial charge in [0.25, 0.3) is 0 Å². The van der Waals surface area contributed by atoms with Crippen molar-refractivity contribution in [2.45, 2.75) is 31.6 Å². The van der Waals surface area contributed by atoms with Gasteiger partial charge in [-0.05, 0) is 66.9 Å². The maximum absolute atomic E-state index is 13.2. The third-order valence-electron chi connectivity index (χ3n) is 5.34. The topological polar surface area (TPSA) is 45.2 Å². The molecule has 4 rings (SSSR count). The number of amides is 2. The molecule has 1 aliphatic rings. The lowest BCUT2D eigenvalue weighted by Gasteiger charge is -2.41. The van der Waals surface area contributed by atoms with Crippen LogP contribution in [0.2, 0.25) is 0 Å². The summed E-state index contributed by atoms with van der Waals surface area (Å²) in [6.07, 6.45) is -2.30. The third kappa shape index (κ3) is 4.23. The second-order valence-corrected chi connectivity index (χ2v) is 7.47. The van der Waals surface area contributed by atoms with Crippen molar-refractivity contribution in [2.75, 3.05) is 5.32 Å². The lowest BCUT2D eigenvalue weighted by atomic mass is 9.88. The molecular formula is C23H19F4N3O. The lowest BCUT2D eigenvalue weighted by Crippen LogP contribution is -2.48. The van der Waals surface area contributed by atoms with Crippen LogP contribution in [0.4, 0.5) is 28.0 Å². The molecule has 1 N–H and O–H groups in total. The number of hydrogen-bond acceptors (Lipinski definition) is 2. The molecule has 2 amide bonds. The molecule has 0 radical (unpaired) electrons. The Morgan fingerprint density at radius 1 is 1.06 bits per heavy atom. The van der Waals surface area contributed by atoms with Gasteiger partial charge in [-0.25, -0.2) is 9.18 Å². The molecule has 0 spiro atoms. The summed E-state index contributed by atoms with van der Waals surface area (Å²) in [5.74, 6) is -0.426. The van der Waals surface area contributed by atoms with Crippen LogP contribution in [0.15, 0.2) is 66.9 Å². The van der Waals surface area contributed by atoms with Gasteiger partial charge >= 0.3 is 12.2 Å². The van der Waals surface area contributed by atoms with Crippen molar-refractivity contribution in [1.29, 1.82) is 0 Å². The summed E-state index contributed by atoms with van der Waals surface area (Å²) in [6.45, 7) is 1.87. The van der Waals surface area contributed by atoms with E-state index in [1.54, 1.807) is 17.2 Å². The van der Waals surface area contributed by atoms with Gasteiger partial charge in [0.05, 0.1) is 11.3 Å². The first-order valence-corrected chi connectivity index (χ1v) is 9.70. The molecule has 160 valence electrons. The molecule has 4 nitrogen and oxygen atoms in total. The first-order valence-electron chi connectivity index (χ1n) is 9.70. The van der Waals surface area contributed by atoms with Crippen LogP contribution in [0.5, 0.6) is 0 Å². The van der Waals surface area contributed by atoms with Crippen molar-refractivity contribution in [3.05, 3.63) is 95.1 Å². The maximum atomic E-state index is 13.2. The van der Waals surface area contributed by atoms with Crippen molar-refractivity contribution in [1.82, 2.24) is 9.88 Å². The molecule has 3 aromatic rings. The molecule has 0 bridgehead atoms. The number of carbonyl (C=O) groups is 1. The Morgan fingerprint density at radius 2 is 1.74 bits per heavy atom. The number of aromatic nitrogens is 1. The minimum Gasteiger partial charge on any atom is -0.309 e. The van der Waals surface area contributed by atoms with Crippen LogP contribution >= 0.6 is 0 Å². The minimum atomic E-state index is -4.45. The van der Waals surface area contributed by atoms with Gasteiger partial charge in [0.15, 0.2) is 0 Å². The number of anilines is 1. The van der Waals surface area contributed by atoms with Crippen LogP contribution < -0.4 is 5.32 Å². The van der Waals surface area contributed by atoms with Crippen LogP contribution in [-0.4, -0.2) is 22.0 Å². The Hall–Kier alpha value is -3.42. The number of alkyl halides is 3. The molecule has 2 heterocycles. The molecule has 0 unspecified atom stereocenters. The molecule has 0 saturated carbocycles. The first-order chi connectivity index (χ1) is 14.7. The number of fused-ring (bicyclic) bond motifs is 1. The second-order valence-electron chi connectivity index (χ2n) is 7.47. The fourth-order valence-corrected chi connectivity index (χ4v) is 3.88. The van der Waals surface area contributed by atoms with Crippen LogP contribution in [0.1, 0.15) is 35.3 Å². The fourth-order valence-electron chi connectivity index (χ4n) is 3.88. The zero-order chi connectivity index (χ0) is 22.2. The molecule has 0 saturated heterocycles. The molecule has 31 heavy (non-hydrogen) atoms. The molecule has 2 atom stereocenters. The molecule has 1 aromatic heterocycles. The van der Waals surface area contributed by atoms with E-state index in [9.17, 15) is 22.4 Å². The fraction of sp³-hybridized carbons (Fsp3) is 0.217. The summed E-state index contributed by atoms with van der Waals surface area (Å²) in [5, 5.41) is 2.75. The van der Waals surface area contributed by atoms with Crippen molar-refractivity contribution in [2.24, 2.45) is 0 Å². The average Bonchev–Trinajstić information content (AvgIpc) is 2.74. The van der Waals surface area contributed by atoms with Gasteiger partial charge in [-0.15, -0.1) is 0 Å². The Kier molecular flexibility index (Phi) is 5.39. The number of benzene rings is 2. The Labute approximate surface area is 176 Å². The summed E-state index contributed by atoms with van der Waals surface area (Å²) in [6, 6.07) is 12.5. The Balaban J connectivity index is 1.73. The first kappa shape index (κ1) is 20.8. The zero-order valence-corrected chi connectivity index (χ0v) is 16.5. The number of carbonyl (C=O) groups excluding carboxylic acids is 1. The molecule has 0 aliphatic carbocycles. The number of urea groups is 1. The van der Waals surface area contributed by atoms with E-state index in [0.717, 1.165) is 17.7 Å². The smallest absolute Gasteiger partial charge is 0.309 e. The van der Waals surface area contributed by atoms with E-state index in [2.05, 4.69) is 10.3 Å². The lowest BCUT2D eigenvalue weighted by molar-refractivity contribution is -0.137. The van der Waals surface area contributed by atoms with Crippen LogP contribution in [0.25, 0.3) is 0 Å². The van der Waals surface area contributed by atoms with Gasteiger partial charge in [0.1, 0.15) is 11.9 Å². The SMILES string of the molecule is C[C@H]1Cc2cccnc2[C@@H](c2ccc(C(F)(F)F)cc2)N1C(=O)Nc1ccc(F)cc1. The van der Waals surface area contributed by atoms with E-state index in [4.69, 9.17) is 0 Å². The van der Waals surface area contributed by atoms with Gasteiger partial charge in [0, 0.05) is 17.9 Å². The van der Waals surface area contributed by atoms with E-state index in [-0.39, 0.29) is 6.04 Å². The summed E-state index contributed by atoms with van der Waals surface area (Å²) < 4.78 is 52.3. The highest BCUT2D eigenvalue weighted by molar-refractivity contribution is 5.90. The highest BCUT2D eigenvalue weighted by Crippen LogP contribution is 2.38. The Bertz CT molecular complexity index is 1080. The van der Waals surface area contributed by atoms with Gasteiger partial charge in [-0.3, -0.25) is 4.98 Å². The highest BCUT2D eigenvalue weighted by atomic mass is 19.4. The second kappa shape index (κ2) is 8.02. The molecule has 1 aliphatic heterocycles. The normalized spacial score (nSPS) is 18.4. The van der Waals surface area contributed by atoms with Crippen LogP contribution in [-0.2, 0) is 12.6 Å². The monoisotopic (exact) mass is 429 g/mol. The molecular weight excluding hydrogens is 410 g/mol. The molecule has 0 fully saturated rings. The quantitative estimate of drug-likeness (QED) is 0.523. The van der Waals surface area contributed by atoms with Crippen molar-refractivity contribution in [3.8, 4) is 0 Å². The van der Waals surface area contributed by atoms with Crippen LogP contribution in [0.3, 0.4) is 0 Å². The number of hydrogen-bond donors (Lipinski definition) is 1. The maximum Gasteiger partial charge on any atom is 0.416 e. The molecule has 2 aromatic carbocycles. The number of pyridine rings is 1. The van der Waals surface area contributed by atoms with E-state index in [1.165, 1.54) is 36.4 Å². The number of rotatable bonds is 2. The van der Waals surface area contributed by atoms with Crippen molar-refractivity contribution in [3.63, 3.8) is 0 Å². The molecule has 8 heteroatoms. The van der Waals surface area contributed by atoms with E-state index in [1.807, 2.05) is 13.0 Å². The summed E-state index contributed by atoms with van der Waals surface area (Å²) in [5.41, 5.74) is 1.73. The zero-order valence-electron chi connectivity index (χ0n) is 16.5. The van der Waals surface area contributed by atoms with Gasteiger partial charge in [0.2, 0.25) is 0 Å². The largest absolute Gasteiger partial charge is 0.416 e. The van der Waals surface area contributed by atoms with Crippen molar-refractivity contribution >= 4 is 11.7 Å². The Morgan fingerprint density at radius 3 is 2.39 bits per heavy atom. The van der Waals surface area contributed by atoms with Gasteiger partial charge < -0.3 is 10.2 Å². The van der Waals surface area contributed by atoms with E-state index < -0.39 is 29.6 Å². The van der Waals surface area contributed by atoms with Crippen LogP contribution in [0, 0.1) is 5.82 Å². The predicted octanol–water partition coefficient (Wildman–Crippen LogP) is 5.81. The summed E-state index contributed by atoms with van der Waals surface area (Å²) in [7, 11) is 0. The van der Waals surface area contributed by atoms with Gasteiger partial charge in [-0.2, -0.15) is 13.2 Å². The van der Waals surface area contributed by atoms with Crippen molar-refractivity contribution < 1.29 is 22.4 Å². The average molecular weight is 429 g/mol. The summed E-state index contributed by atoms with van der Waals surface area (Å²) >= 11 is 0. The predicted molar refractivity (Wildman–Crippen MR) is 108 cm³/mol. The van der Waals surface area contributed by atoms with Gasteiger partial charge in [-0.1, -0.05) is 18.2 Å². The minimum absolute atomic E-state index is 0.246. The summed E-state index contributed by atoms with van der Waals surface area (Å²) in [4.78, 5) is 19.2. The highest BCUT2D eigenvalue weighted by Gasteiger charge is 2.38. The third-order valence-corrected chi connectivity index (χ3v) is 5.34.